The zero-order valence-corrected chi connectivity index (χ0v) is 22.4. The quantitative estimate of drug-likeness (QED) is 0.268. The fourth-order valence-electron chi connectivity index (χ4n) is 8.74. The van der Waals surface area contributed by atoms with Crippen molar-refractivity contribution < 1.29 is 23.8 Å². The molecule has 4 aliphatic carbocycles. The van der Waals surface area contributed by atoms with Crippen LogP contribution in [0.5, 0.6) is 0 Å². The van der Waals surface area contributed by atoms with Crippen LogP contribution in [-0.4, -0.2) is 29.3 Å². The van der Waals surface area contributed by atoms with Gasteiger partial charge in [0.2, 0.25) is 0 Å². The summed E-state index contributed by atoms with van der Waals surface area (Å²) < 4.78 is 21.2. The minimum Gasteiger partial charge on any atom is -0.481 e. The van der Waals surface area contributed by atoms with Gasteiger partial charge < -0.3 is 9.84 Å². The molecule has 0 aromatic heterocycles. The van der Waals surface area contributed by atoms with Crippen LogP contribution in [0.2, 0.25) is 0 Å². The van der Waals surface area contributed by atoms with Gasteiger partial charge in [-0.1, -0.05) is 52.2 Å². The molecular formula is C30H47FO4. The molecule has 1 N–H and O–H groups in total. The first-order valence-corrected chi connectivity index (χ1v) is 14.3. The van der Waals surface area contributed by atoms with E-state index in [-0.39, 0.29) is 35.7 Å². The van der Waals surface area contributed by atoms with E-state index in [1.807, 2.05) is 0 Å². The predicted octanol–water partition coefficient (Wildman–Crippen LogP) is 7.51. The Bertz CT molecular complexity index is 821. The summed E-state index contributed by atoms with van der Waals surface area (Å²) in [5.41, 5.74) is 1.73. The molecule has 3 fully saturated rings. The van der Waals surface area contributed by atoms with Crippen molar-refractivity contribution in [1.82, 2.24) is 0 Å². The van der Waals surface area contributed by atoms with E-state index in [9.17, 15) is 9.59 Å². The first-order chi connectivity index (χ1) is 16.5. The van der Waals surface area contributed by atoms with Crippen molar-refractivity contribution in [2.24, 2.45) is 40.4 Å². The van der Waals surface area contributed by atoms with E-state index < -0.39 is 18.1 Å². The molecule has 4 nitrogen and oxygen atoms in total. The summed E-state index contributed by atoms with van der Waals surface area (Å²) in [6.45, 7) is 9.29. The van der Waals surface area contributed by atoms with Crippen LogP contribution in [0, 0.1) is 40.4 Å². The van der Waals surface area contributed by atoms with Crippen LogP contribution in [0.3, 0.4) is 0 Å². The van der Waals surface area contributed by atoms with Gasteiger partial charge in [0, 0.05) is 6.42 Å². The van der Waals surface area contributed by atoms with Crippen molar-refractivity contribution >= 4 is 11.9 Å². The van der Waals surface area contributed by atoms with Crippen LogP contribution >= 0.6 is 0 Å². The molecule has 0 heterocycles. The predicted molar refractivity (Wildman–Crippen MR) is 136 cm³/mol. The van der Waals surface area contributed by atoms with Crippen LogP contribution in [0.1, 0.15) is 111 Å². The topological polar surface area (TPSA) is 63.6 Å². The zero-order valence-electron chi connectivity index (χ0n) is 22.4. The van der Waals surface area contributed by atoms with Gasteiger partial charge in [-0.05, 0) is 91.8 Å². The van der Waals surface area contributed by atoms with Gasteiger partial charge in [-0.15, -0.1) is 0 Å². The summed E-state index contributed by atoms with van der Waals surface area (Å²) in [4.78, 5) is 22.8. The largest absolute Gasteiger partial charge is 0.481 e. The SMILES string of the molecule is CC(C)CCC[C@@H](F)[C@H]1CC[C@H]2[C@@H]3CC=C4C[C@@H](OC(=O)CCC(=O)O)CC[C@]4(C)[C@H]3CC[C@]12C. The Morgan fingerprint density at radius 3 is 2.57 bits per heavy atom. The van der Waals surface area contributed by atoms with Crippen molar-refractivity contribution in [2.45, 2.75) is 123 Å². The molecular weight excluding hydrogens is 443 g/mol. The number of esters is 1. The molecule has 198 valence electrons. The fraction of sp³-hybridized carbons (Fsp3) is 0.867. The summed E-state index contributed by atoms with van der Waals surface area (Å²) in [6, 6.07) is 0. The highest BCUT2D eigenvalue weighted by Crippen LogP contribution is 2.67. The number of carboxylic acids is 1. The van der Waals surface area contributed by atoms with E-state index in [0.29, 0.717) is 23.7 Å². The molecule has 0 radical (unpaired) electrons. The second-order valence-corrected chi connectivity index (χ2v) is 13.1. The van der Waals surface area contributed by atoms with E-state index in [4.69, 9.17) is 9.84 Å². The number of allylic oxidation sites excluding steroid dienone is 1. The summed E-state index contributed by atoms with van der Waals surface area (Å²) in [5.74, 6) is 1.42. The number of halogens is 1. The second kappa shape index (κ2) is 10.5. The minimum atomic E-state index is -0.965. The first kappa shape index (κ1) is 26.7. The molecule has 0 aliphatic heterocycles. The van der Waals surface area contributed by atoms with Crippen molar-refractivity contribution in [3.63, 3.8) is 0 Å². The highest BCUT2D eigenvalue weighted by molar-refractivity contribution is 5.76. The van der Waals surface area contributed by atoms with Crippen molar-refractivity contribution in [3.05, 3.63) is 11.6 Å². The lowest BCUT2D eigenvalue weighted by Gasteiger charge is -2.58. The Balaban J connectivity index is 1.40. The van der Waals surface area contributed by atoms with Gasteiger partial charge in [0.25, 0.3) is 0 Å². The third kappa shape index (κ3) is 5.34. The Kier molecular flexibility index (Phi) is 8.03. The van der Waals surface area contributed by atoms with Gasteiger partial charge in [-0.25, -0.2) is 4.39 Å². The van der Waals surface area contributed by atoms with E-state index in [0.717, 1.165) is 57.8 Å². The lowest BCUT2D eigenvalue weighted by molar-refractivity contribution is -0.154. The number of fused-ring (bicyclic) bond motifs is 5. The van der Waals surface area contributed by atoms with Gasteiger partial charge in [0.15, 0.2) is 0 Å². The van der Waals surface area contributed by atoms with Crippen LogP contribution in [-0.2, 0) is 14.3 Å². The van der Waals surface area contributed by atoms with Crippen LogP contribution in [0.4, 0.5) is 4.39 Å². The number of hydrogen-bond acceptors (Lipinski definition) is 3. The van der Waals surface area contributed by atoms with Gasteiger partial charge in [-0.2, -0.15) is 0 Å². The molecule has 0 spiro atoms. The van der Waals surface area contributed by atoms with E-state index >= 15 is 4.39 Å². The maximum atomic E-state index is 15.5. The average molecular weight is 491 g/mol. The average Bonchev–Trinajstić information content (AvgIpc) is 3.15. The normalized spacial score (nSPS) is 39.3. The summed E-state index contributed by atoms with van der Waals surface area (Å²) >= 11 is 0. The lowest BCUT2D eigenvalue weighted by Crippen LogP contribution is -2.51. The number of ether oxygens (including phenoxy) is 1. The molecule has 4 aliphatic rings. The highest BCUT2D eigenvalue weighted by atomic mass is 19.1. The minimum absolute atomic E-state index is 0.0543. The maximum Gasteiger partial charge on any atom is 0.306 e. The third-order valence-corrected chi connectivity index (χ3v) is 10.7. The highest BCUT2D eigenvalue weighted by Gasteiger charge is 2.59. The van der Waals surface area contributed by atoms with Gasteiger partial charge >= 0.3 is 11.9 Å². The molecule has 0 bridgehead atoms. The van der Waals surface area contributed by atoms with Gasteiger partial charge in [0.1, 0.15) is 12.3 Å². The summed E-state index contributed by atoms with van der Waals surface area (Å²) in [6.07, 6.45) is 12.6. The number of rotatable bonds is 9. The molecule has 4 rings (SSSR count). The van der Waals surface area contributed by atoms with E-state index in [2.05, 4.69) is 33.8 Å². The van der Waals surface area contributed by atoms with Crippen molar-refractivity contribution in [2.75, 3.05) is 0 Å². The molecule has 5 heteroatoms. The molecule has 35 heavy (non-hydrogen) atoms. The Hall–Kier alpha value is -1.39. The smallest absolute Gasteiger partial charge is 0.306 e. The standard InChI is InChI=1S/C30H47FO4/c1-19(2)6-5-7-26(31)25-11-10-23-22-9-8-20-18-21(35-28(34)13-12-27(32)33)14-16-29(20,3)24(22)15-17-30(23,25)4/h8,19,21-26H,5-7,9-18H2,1-4H3,(H,32,33)/t21-,22-,23-,24-,25+,26+,29-,30-/m0/s1. The maximum absolute atomic E-state index is 15.5. The van der Waals surface area contributed by atoms with E-state index in [1.54, 1.807) is 0 Å². The number of carbonyl (C=O) groups excluding carboxylic acids is 1. The summed E-state index contributed by atoms with van der Waals surface area (Å²) in [5, 5.41) is 8.82. The molecule has 0 amide bonds. The molecule has 8 atom stereocenters. The monoisotopic (exact) mass is 490 g/mol. The zero-order chi connectivity index (χ0) is 25.4. The molecule has 0 unspecified atom stereocenters. The van der Waals surface area contributed by atoms with E-state index in [1.165, 1.54) is 18.4 Å². The first-order valence-electron chi connectivity index (χ1n) is 14.3. The molecule has 0 aromatic rings. The molecule has 0 saturated heterocycles. The lowest BCUT2D eigenvalue weighted by atomic mass is 9.47. The van der Waals surface area contributed by atoms with Gasteiger partial charge in [-0.3, -0.25) is 9.59 Å². The Morgan fingerprint density at radius 1 is 1.09 bits per heavy atom. The number of carbonyl (C=O) groups is 2. The third-order valence-electron chi connectivity index (χ3n) is 10.7. The molecule has 3 saturated carbocycles. The Labute approximate surface area is 211 Å². The second-order valence-electron chi connectivity index (χ2n) is 13.1. The number of alkyl halides is 1. The number of hydrogen-bond donors (Lipinski definition) is 1. The van der Waals surface area contributed by atoms with Crippen LogP contribution in [0.15, 0.2) is 11.6 Å². The fourth-order valence-corrected chi connectivity index (χ4v) is 8.74. The number of carboxylic acid groups (broad SMARTS) is 1. The van der Waals surface area contributed by atoms with Crippen molar-refractivity contribution in [1.29, 1.82) is 0 Å². The van der Waals surface area contributed by atoms with Crippen molar-refractivity contribution in [3.8, 4) is 0 Å². The molecule has 0 aromatic carbocycles. The summed E-state index contributed by atoms with van der Waals surface area (Å²) in [7, 11) is 0. The van der Waals surface area contributed by atoms with Gasteiger partial charge in [0.05, 0.1) is 12.8 Å². The Morgan fingerprint density at radius 2 is 1.86 bits per heavy atom. The van der Waals surface area contributed by atoms with Crippen LogP contribution < -0.4 is 0 Å². The van der Waals surface area contributed by atoms with Crippen LogP contribution in [0.25, 0.3) is 0 Å². The number of aliphatic carboxylic acids is 1.